The third kappa shape index (κ3) is 2.28. The second kappa shape index (κ2) is 4.49. The van der Waals surface area contributed by atoms with Crippen LogP contribution >= 0.6 is 0 Å². The van der Waals surface area contributed by atoms with E-state index in [4.69, 9.17) is 0 Å². The van der Waals surface area contributed by atoms with Gasteiger partial charge in [-0.2, -0.15) is 0 Å². The predicted molar refractivity (Wildman–Crippen MR) is 69.0 cm³/mol. The number of Topliss-reactive ketones (excluding diaryl/α,β-unsaturated/α-hetero) is 1. The van der Waals surface area contributed by atoms with Gasteiger partial charge in [0.1, 0.15) is 6.33 Å². The highest BCUT2D eigenvalue weighted by atomic mass is 16.1. The van der Waals surface area contributed by atoms with Crippen molar-refractivity contribution < 1.29 is 4.79 Å². The summed E-state index contributed by atoms with van der Waals surface area (Å²) in [6, 6.07) is 6.77. The molecule has 0 unspecified atom stereocenters. The number of ketones is 1. The number of nitrogens with one attached hydrogen (secondary N) is 2. The summed E-state index contributed by atoms with van der Waals surface area (Å²) in [6.45, 7) is 0. The molecular weight excluding hydrogens is 244 g/mol. The third-order valence-corrected chi connectivity index (χ3v) is 2.82. The van der Waals surface area contributed by atoms with Crippen LogP contribution in [0.5, 0.6) is 0 Å². The van der Waals surface area contributed by atoms with E-state index in [2.05, 4.69) is 19.9 Å². The summed E-state index contributed by atoms with van der Waals surface area (Å²) in [5.74, 6) is -0.0531. The minimum Gasteiger partial charge on any atom is -0.306 e. The van der Waals surface area contributed by atoms with Gasteiger partial charge in [-0.25, -0.2) is 14.8 Å². The molecule has 0 radical (unpaired) electrons. The monoisotopic (exact) mass is 254 g/mol. The highest BCUT2D eigenvalue weighted by Gasteiger charge is 2.09. The van der Waals surface area contributed by atoms with Crippen LogP contribution in [0.2, 0.25) is 0 Å². The number of nitrogens with zero attached hydrogens (tertiary/aromatic N) is 2. The fourth-order valence-corrected chi connectivity index (χ4v) is 1.90. The van der Waals surface area contributed by atoms with Gasteiger partial charge in [0.15, 0.2) is 5.78 Å². The zero-order chi connectivity index (χ0) is 13.2. The van der Waals surface area contributed by atoms with Gasteiger partial charge in [0, 0.05) is 11.8 Å². The lowest BCUT2D eigenvalue weighted by atomic mass is 10.1. The fourth-order valence-electron chi connectivity index (χ4n) is 1.90. The molecule has 0 aliphatic rings. The molecule has 0 bridgehead atoms. The summed E-state index contributed by atoms with van der Waals surface area (Å²) >= 11 is 0. The topological polar surface area (TPSA) is 91.5 Å². The Morgan fingerprint density at radius 3 is 2.79 bits per heavy atom. The average molecular weight is 254 g/mol. The van der Waals surface area contributed by atoms with E-state index in [1.807, 2.05) is 0 Å². The van der Waals surface area contributed by atoms with Crippen molar-refractivity contribution in [2.45, 2.75) is 6.42 Å². The molecule has 0 saturated heterocycles. The maximum atomic E-state index is 12.1. The average Bonchev–Trinajstić information content (AvgIpc) is 2.78. The maximum Gasteiger partial charge on any atom is 0.323 e. The molecule has 2 N–H and O–H groups in total. The first-order valence-electron chi connectivity index (χ1n) is 5.72. The standard InChI is InChI=1S/C13H10N4O2/c18-12(6-9-3-4-14-7-15-9)8-1-2-10-11(5-8)17-13(19)16-10/h1-5,7H,6H2,(H2,16,17,19). The largest absolute Gasteiger partial charge is 0.323 e. The van der Waals surface area contributed by atoms with E-state index in [9.17, 15) is 9.59 Å². The van der Waals surface area contributed by atoms with Crippen LogP contribution in [0.1, 0.15) is 16.1 Å². The first-order valence-corrected chi connectivity index (χ1v) is 5.72. The Labute approximate surface area is 107 Å². The molecule has 2 heterocycles. The Morgan fingerprint density at radius 2 is 2.00 bits per heavy atom. The number of imidazole rings is 1. The molecule has 19 heavy (non-hydrogen) atoms. The second-order valence-corrected chi connectivity index (χ2v) is 4.14. The van der Waals surface area contributed by atoms with Gasteiger partial charge in [-0.3, -0.25) is 4.79 Å². The Kier molecular flexibility index (Phi) is 2.68. The molecular formula is C13H10N4O2. The van der Waals surface area contributed by atoms with Gasteiger partial charge in [-0.15, -0.1) is 0 Å². The zero-order valence-corrected chi connectivity index (χ0v) is 9.88. The van der Waals surface area contributed by atoms with Crippen molar-refractivity contribution in [1.82, 2.24) is 19.9 Å². The van der Waals surface area contributed by atoms with E-state index in [-0.39, 0.29) is 17.9 Å². The van der Waals surface area contributed by atoms with Crippen LogP contribution in [0, 0.1) is 0 Å². The number of rotatable bonds is 3. The number of aromatic amines is 2. The van der Waals surface area contributed by atoms with Gasteiger partial charge in [0.25, 0.3) is 0 Å². The van der Waals surface area contributed by atoms with Gasteiger partial charge in [-0.05, 0) is 24.3 Å². The summed E-state index contributed by atoms with van der Waals surface area (Å²) in [7, 11) is 0. The van der Waals surface area contributed by atoms with Gasteiger partial charge in [0.2, 0.25) is 0 Å². The molecule has 0 amide bonds. The molecule has 3 aromatic rings. The summed E-state index contributed by atoms with van der Waals surface area (Å²) in [6.07, 6.45) is 3.22. The molecule has 0 spiro atoms. The van der Waals surface area contributed by atoms with Gasteiger partial charge < -0.3 is 9.97 Å². The van der Waals surface area contributed by atoms with Crippen LogP contribution in [0.25, 0.3) is 11.0 Å². The van der Waals surface area contributed by atoms with E-state index < -0.39 is 0 Å². The quantitative estimate of drug-likeness (QED) is 0.684. The highest BCUT2D eigenvalue weighted by molar-refractivity contribution is 5.99. The molecule has 0 atom stereocenters. The van der Waals surface area contributed by atoms with E-state index in [1.54, 1.807) is 30.5 Å². The van der Waals surface area contributed by atoms with Crippen LogP contribution in [-0.4, -0.2) is 25.7 Å². The van der Waals surface area contributed by atoms with Gasteiger partial charge >= 0.3 is 5.69 Å². The number of carbonyl (C=O) groups excluding carboxylic acids is 1. The normalized spacial score (nSPS) is 10.7. The SMILES string of the molecule is O=C(Cc1ccncn1)c1ccc2[nH]c(=O)[nH]c2c1. The maximum absolute atomic E-state index is 12.1. The van der Waals surface area contributed by atoms with Crippen LogP contribution in [0.4, 0.5) is 0 Å². The second-order valence-electron chi connectivity index (χ2n) is 4.14. The summed E-state index contributed by atoms with van der Waals surface area (Å²) < 4.78 is 0. The Morgan fingerprint density at radius 1 is 1.16 bits per heavy atom. The Balaban J connectivity index is 1.91. The van der Waals surface area contributed by atoms with E-state index in [0.29, 0.717) is 22.3 Å². The number of aromatic nitrogens is 4. The van der Waals surface area contributed by atoms with Crippen molar-refractivity contribution in [3.05, 3.63) is 58.5 Å². The van der Waals surface area contributed by atoms with E-state index >= 15 is 0 Å². The molecule has 3 rings (SSSR count). The number of H-pyrrole nitrogens is 2. The van der Waals surface area contributed by atoms with Crippen LogP contribution in [0.3, 0.4) is 0 Å². The summed E-state index contributed by atoms with van der Waals surface area (Å²) in [5.41, 5.74) is 2.24. The lowest BCUT2D eigenvalue weighted by Crippen LogP contribution is -2.05. The lowest BCUT2D eigenvalue weighted by Gasteiger charge is -2.00. The van der Waals surface area contributed by atoms with Crippen LogP contribution in [-0.2, 0) is 6.42 Å². The number of fused-ring (bicyclic) bond motifs is 1. The Bertz CT molecular complexity index is 789. The molecule has 0 saturated carbocycles. The molecule has 94 valence electrons. The van der Waals surface area contributed by atoms with Gasteiger partial charge in [0.05, 0.1) is 23.1 Å². The van der Waals surface area contributed by atoms with E-state index in [1.165, 1.54) is 6.33 Å². The van der Waals surface area contributed by atoms with Crippen molar-refractivity contribution >= 4 is 16.8 Å². The number of carbonyl (C=O) groups is 1. The van der Waals surface area contributed by atoms with Crippen LogP contribution < -0.4 is 5.69 Å². The first-order chi connectivity index (χ1) is 9.22. The molecule has 6 nitrogen and oxygen atoms in total. The number of benzene rings is 1. The summed E-state index contributed by atoms with van der Waals surface area (Å²) in [4.78, 5) is 36.3. The number of hydrogen-bond donors (Lipinski definition) is 2. The fraction of sp³-hybridized carbons (Fsp3) is 0.0769. The highest BCUT2D eigenvalue weighted by Crippen LogP contribution is 2.12. The Hall–Kier alpha value is -2.76. The van der Waals surface area contributed by atoms with Crippen LogP contribution in [0.15, 0.2) is 41.6 Å². The molecule has 0 aliphatic heterocycles. The molecule has 0 fully saturated rings. The van der Waals surface area contributed by atoms with E-state index in [0.717, 1.165) is 0 Å². The van der Waals surface area contributed by atoms with Crippen molar-refractivity contribution in [3.63, 3.8) is 0 Å². The molecule has 6 heteroatoms. The minimum absolute atomic E-state index is 0.0531. The lowest BCUT2D eigenvalue weighted by molar-refractivity contribution is 0.0992. The molecule has 2 aromatic heterocycles. The molecule has 0 aliphatic carbocycles. The minimum atomic E-state index is -0.282. The van der Waals surface area contributed by atoms with Gasteiger partial charge in [-0.1, -0.05) is 0 Å². The van der Waals surface area contributed by atoms with Crippen molar-refractivity contribution in [1.29, 1.82) is 0 Å². The van der Waals surface area contributed by atoms with Crippen molar-refractivity contribution in [2.24, 2.45) is 0 Å². The predicted octanol–water partition coefficient (Wildman–Crippen LogP) is 1.07. The van der Waals surface area contributed by atoms with Crippen molar-refractivity contribution in [2.75, 3.05) is 0 Å². The smallest absolute Gasteiger partial charge is 0.306 e. The first kappa shape index (κ1) is 11.3. The molecule has 1 aromatic carbocycles. The zero-order valence-electron chi connectivity index (χ0n) is 9.88. The summed E-state index contributed by atoms with van der Waals surface area (Å²) in [5, 5.41) is 0. The number of hydrogen-bond acceptors (Lipinski definition) is 4. The van der Waals surface area contributed by atoms with Crippen molar-refractivity contribution in [3.8, 4) is 0 Å². The third-order valence-electron chi connectivity index (χ3n) is 2.82.